The van der Waals surface area contributed by atoms with Crippen molar-refractivity contribution in [3.63, 3.8) is 0 Å². The number of hydrogen-bond acceptors (Lipinski definition) is 7. The number of thiophene rings is 1. The maximum Gasteiger partial charge on any atom is 0.341 e. The highest BCUT2D eigenvalue weighted by Crippen LogP contribution is 2.43. The van der Waals surface area contributed by atoms with Crippen molar-refractivity contribution in [1.29, 1.82) is 0 Å². The van der Waals surface area contributed by atoms with Gasteiger partial charge in [-0.2, -0.15) is 0 Å². The number of rotatable bonds is 7. The highest BCUT2D eigenvalue weighted by atomic mass is 32.2. The molecule has 4 rings (SSSR count). The zero-order valence-electron chi connectivity index (χ0n) is 18.0. The maximum atomic E-state index is 12.9. The molecule has 1 N–H and O–H groups in total. The molecule has 2 atom stereocenters. The number of carbonyl (C=O) groups is 2. The molecule has 0 bridgehead atoms. The van der Waals surface area contributed by atoms with E-state index in [1.807, 2.05) is 6.07 Å². The first-order chi connectivity index (χ1) is 15.6. The number of carbonyl (C=O) groups excluding carboxylic acids is 2. The molecule has 166 valence electrons. The van der Waals surface area contributed by atoms with E-state index in [2.05, 4.69) is 39.6 Å². The van der Waals surface area contributed by atoms with Gasteiger partial charge in [-0.05, 0) is 56.2 Å². The number of benzene rings is 1. The van der Waals surface area contributed by atoms with E-state index in [1.165, 1.54) is 28.7 Å². The lowest BCUT2D eigenvalue weighted by Crippen LogP contribution is -2.23. The third-order valence-corrected chi connectivity index (χ3v) is 7.61. The molecule has 0 fully saturated rings. The maximum absolute atomic E-state index is 12.9. The first-order valence-corrected chi connectivity index (χ1v) is 12.4. The smallest absolute Gasteiger partial charge is 0.341 e. The van der Waals surface area contributed by atoms with Gasteiger partial charge in [-0.1, -0.05) is 42.1 Å². The molecule has 6 nitrogen and oxygen atoms in total. The highest BCUT2D eigenvalue weighted by Gasteiger charge is 2.31. The van der Waals surface area contributed by atoms with Gasteiger partial charge < -0.3 is 10.1 Å². The van der Waals surface area contributed by atoms with Gasteiger partial charge in [0.15, 0.2) is 5.16 Å². The Morgan fingerprint density at radius 2 is 1.97 bits per heavy atom. The molecule has 0 saturated carbocycles. The molecule has 1 aliphatic rings. The van der Waals surface area contributed by atoms with E-state index in [-0.39, 0.29) is 11.9 Å². The lowest BCUT2D eigenvalue weighted by molar-refractivity contribution is -0.115. The van der Waals surface area contributed by atoms with Crippen LogP contribution in [0.15, 0.2) is 53.9 Å². The molecule has 32 heavy (non-hydrogen) atoms. The van der Waals surface area contributed by atoms with E-state index in [0.29, 0.717) is 28.2 Å². The average molecular weight is 468 g/mol. The van der Waals surface area contributed by atoms with Crippen molar-refractivity contribution in [1.82, 2.24) is 9.97 Å². The van der Waals surface area contributed by atoms with Crippen LogP contribution in [0.3, 0.4) is 0 Å². The number of anilines is 1. The van der Waals surface area contributed by atoms with E-state index in [4.69, 9.17) is 4.74 Å². The van der Waals surface area contributed by atoms with Crippen LogP contribution >= 0.6 is 23.1 Å². The van der Waals surface area contributed by atoms with E-state index in [0.717, 1.165) is 29.7 Å². The van der Waals surface area contributed by atoms with Crippen LogP contribution in [-0.4, -0.2) is 33.7 Å². The zero-order valence-corrected chi connectivity index (χ0v) is 19.7. The Hall–Kier alpha value is -2.71. The van der Waals surface area contributed by atoms with E-state index < -0.39 is 5.25 Å². The topological polar surface area (TPSA) is 81.2 Å². The summed E-state index contributed by atoms with van der Waals surface area (Å²) >= 11 is 2.78. The average Bonchev–Trinajstić information content (AvgIpc) is 3.17. The number of aromatic nitrogens is 2. The number of thioether (sulfide) groups is 1. The second-order valence-corrected chi connectivity index (χ2v) is 9.97. The fraction of sp³-hybridized carbons (Fsp3) is 0.333. The van der Waals surface area contributed by atoms with Crippen molar-refractivity contribution in [3.05, 3.63) is 70.4 Å². The number of nitrogens with one attached hydrogen (secondary N) is 1. The van der Waals surface area contributed by atoms with Gasteiger partial charge in [0.05, 0.1) is 17.4 Å². The fourth-order valence-corrected chi connectivity index (χ4v) is 5.92. The zero-order chi connectivity index (χ0) is 22.5. The minimum absolute atomic E-state index is 0.189. The minimum Gasteiger partial charge on any atom is -0.462 e. The molecule has 1 aromatic carbocycles. The van der Waals surface area contributed by atoms with E-state index in [1.54, 1.807) is 32.3 Å². The van der Waals surface area contributed by atoms with Crippen LogP contribution < -0.4 is 5.32 Å². The number of ether oxygens (including phenoxy) is 1. The van der Waals surface area contributed by atoms with Crippen LogP contribution in [0, 0.1) is 0 Å². The highest BCUT2D eigenvalue weighted by molar-refractivity contribution is 8.00. The van der Waals surface area contributed by atoms with Crippen LogP contribution in [0.1, 0.15) is 52.5 Å². The molecule has 8 heteroatoms. The minimum atomic E-state index is -0.413. The first kappa shape index (κ1) is 22.5. The molecule has 2 aromatic heterocycles. The summed E-state index contributed by atoms with van der Waals surface area (Å²) in [6.45, 7) is 3.89. The van der Waals surface area contributed by atoms with Gasteiger partial charge in [-0.25, -0.2) is 14.8 Å². The molecule has 2 heterocycles. The molecular weight excluding hydrogens is 442 g/mol. The molecule has 0 aliphatic heterocycles. The van der Waals surface area contributed by atoms with Crippen molar-refractivity contribution < 1.29 is 14.3 Å². The quantitative estimate of drug-likeness (QED) is 0.296. The number of hydrogen-bond donors (Lipinski definition) is 1. The third-order valence-electron chi connectivity index (χ3n) is 5.45. The summed E-state index contributed by atoms with van der Waals surface area (Å²) in [5.41, 5.74) is 2.84. The van der Waals surface area contributed by atoms with E-state index >= 15 is 0 Å². The van der Waals surface area contributed by atoms with Crippen LogP contribution in [-0.2, 0) is 22.4 Å². The summed E-state index contributed by atoms with van der Waals surface area (Å²) in [6, 6.07) is 12.2. The van der Waals surface area contributed by atoms with Gasteiger partial charge in [0, 0.05) is 17.3 Å². The molecule has 1 aliphatic carbocycles. The molecule has 3 aromatic rings. The van der Waals surface area contributed by atoms with Crippen molar-refractivity contribution in [2.45, 2.75) is 49.4 Å². The Labute approximate surface area is 195 Å². The third kappa shape index (κ3) is 5.02. The first-order valence-electron chi connectivity index (χ1n) is 10.7. The van der Waals surface area contributed by atoms with Gasteiger partial charge in [0.1, 0.15) is 5.00 Å². The molecular formula is C24H25N3O3S2. The van der Waals surface area contributed by atoms with Crippen LogP contribution in [0.2, 0.25) is 0 Å². The predicted octanol–water partition coefficient (Wildman–Crippen LogP) is 5.11. The Bertz CT molecular complexity index is 1090. The normalized spacial score (nSPS) is 16.1. The summed E-state index contributed by atoms with van der Waals surface area (Å²) in [6.07, 6.45) is 5.90. The standard InChI is InChI=1S/C24H25N3O3S2/c1-3-30-23(29)20-18-11-10-17(16-8-5-4-6-9-16)14-19(18)32-22(20)27-21(28)15(2)31-24-25-12-7-13-26-24/h4-9,12-13,15,17H,3,10-11,14H2,1-2H3,(H,27,28). The van der Waals surface area contributed by atoms with Gasteiger partial charge >= 0.3 is 5.97 Å². The molecule has 0 radical (unpaired) electrons. The Morgan fingerprint density at radius 3 is 2.69 bits per heavy atom. The molecule has 0 spiro atoms. The lowest BCUT2D eigenvalue weighted by atomic mass is 9.83. The predicted molar refractivity (Wildman–Crippen MR) is 127 cm³/mol. The van der Waals surface area contributed by atoms with Crippen LogP contribution in [0.4, 0.5) is 5.00 Å². The van der Waals surface area contributed by atoms with Crippen molar-refractivity contribution in [2.75, 3.05) is 11.9 Å². The summed E-state index contributed by atoms with van der Waals surface area (Å²) in [5.74, 6) is -0.151. The van der Waals surface area contributed by atoms with Crippen molar-refractivity contribution in [2.24, 2.45) is 0 Å². The van der Waals surface area contributed by atoms with Crippen molar-refractivity contribution >= 4 is 40.0 Å². The monoisotopic (exact) mass is 467 g/mol. The summed E-state index contributed by atoms with van der Waals surface area (Å²) < 4.78 is 5.33. The molecule has 1 amide bonds. The van der Waals surface area contributed by atoms with Crippen molar-refractivity contribution in [3.8, 4) is 0 Å². The Balaban J connectivity index is 1.57. The van der Waals surface area contributed by atoms with Gasteiger partial charge in [0.2, 0.25) is 5.91 Å². The van der Waals surface area contributed by atoms with Gasteiger partial charge in [0.25, 0.3) is 0 Å². The van der Waals surface area contributed by atoms with Gasteiger partial charge in [-0.3, -0.25) is 4.79 Å². The SMILES string of the molecule is CCOC(=O)c1c(NC(=O)C(C)Sc2ncccn2)sc2c1CCC(c1ccccc1)C2. The Kier molecular flexibility index (Phi) is 7.22. The second kappa shape index (κ2) is 10.3. The Morgan fingerprint density at radius 1 is 1.22 bits per heavy atom. The van der Waals surface area contributed by atoms with Crippen LogP contribution in [0.25, 0.3) is 0 Å². The van der Waals surface area contributed by atoms with Gasteiger partial charge in [-0.15, -0.1) is 11.3 Å². The second-order valence-electron chi connectivity index (χ2n) is 7.56. The summed E-state index contributed by atoms with van der Waals surface area (Å²) in [4.78, 5) is 35.2. The summed E-state index contributed by atoms with van der Waals surface area (Å²) in [5, 5.41) is 3.69. The number of nitrogens with zero attached hydrogens (tertiary/aromatic N) is 2. The number of esters is 1. The lowest BCUT2D eigenvalue weighted by Gasteiger charge is -2.23. The molecule has 0 saturated heterocycles. The fourth-order valence-electron chi connectivity index (χ4n) is 3.87. The largest absolute Gasteiger partial charge is 0.462 e. The summed E-state index contributed by atoms with van der Waals surface area (Å²) in [7, 11) is 0. The number of fused-ring (bicyclic) bond motifs is 1. The molecule has 2 unspecified atom stereocenters. The van der Waals surface area contributed by atoms with Crippen LogP contribution in [0.5, 0.6) is 0 Å². The number of amides is 1. The van der Waals surface area contributed by atoms with E-state index in [9.17, 15) is 9.59 Å².